The molecule has 2 aromatic heterocycles. The fraction of sp³-hybridized carbons (Fsp3) is 0.176. The van der Waals surface area contributed by atoms with Gasteiger partial charge >= 0.3 is 5.97 Å². The average molecular weight is 311 g/mol. The van der Waals surface area contributed by atoms with Crippen LogP contribution < -0.4 is 15.0 Å². The highest BCUT2D eigenvalue weighted by atomic mass is 16.7. The van der Waals surface area contributed by atoms with E-state index in [9.17, 15) is 9.59 Å². The van der Waals surface area contributed by atoms with Gasteiger partial charge in [0.25, 0.3) is 5.56 Å². The van der Waals surface area contributed by atoms with Crippen LogP contribution in [0, 0.1) is 0 Å². The number of carbonyl (C=O) groups is 1. The molecule has 4 rings (SSSR count). The van der Waals surface area contributed by atoms with Gasteiger partial charge < -0.3 is 14.2 Å². The lowest BCUT2D eigenvalue weighted by Crippen LogP contribution is -2.24. The van der Waals surface area contributed by atoms with Crippen molar-refractivity contribution in [1.82, 2.24) is 4.40 Å². The number of hydrogen-bond acceptors (Lipinski definition) is 5. The molecule has 1 aliphatic rings. The van der Waals surface area contributed by atoms with Gasteiger partial charge in [-0.2, -0.15) is 0 Å². The second-order valence-electron chi connectivity index (χ2n) is 5.11. The summed E-state index contributed by atoms with van der Waals surface area (Å²) in [6.45, 7) is 2.02. The maximum Gasteiger partial charge on any atom is 0.344 e. The number of benzene rings is 1. The first-order chi connectivity index (χ1) is 11.2. The summed E-state index contributed by atoms with van der Waals surface area (Å²) < 4.78 is 17.3. The van der Waals surface area contributed by atoms with E-state index in [1.54, 1.807) is 31.3 Å². The van der Waals surface area contributed by atoms with Gasteiger partial charge in [-0.15, -0.1) is 0 Å². The molecule has 0 spiro atoms. The second kappa shape index (κ2) is 5.01. The van der Waals surface area contributed by atoms with Gasteiger partial charge in [0.15, 0.2) is 11.5 Å². The highest BCUT2D eigenvalue weighted by Crippen LogP contribution is 2.38. The number of ether oxygens (including phenoxy) is 3. The SMILES string of the molecule is CCOC(=O)c1c(=O)n2ccccc2c2cc3c(cc12)OCO3. The summed E-state index contributed by atoms with van der Waals surface area (Å²) in [5.41, 5.74) is 0.285. The van der Waals surface area contributed by atoms with Crippen molar-refractivity contribution in [3.63, 3.8) is 0 Å². The summed E-state index contributed by atoms with van der Waals surface area (Å²) in [5, 5.41) is 1.24. The highest BCUT2D eigenvalue weighted by molar-refractivity contribution is 6.09. The summed E-state index contributed by atoms with van der Waals surface area (Å²) in [7, 11) is 0. The number of aromatic nitrogens is 1. The topological polar surface area (TPSA) is 66.2 Å². The molecule has 1 aromatic carbocycles. The lowest BCUT2D eigenvalue weighted by Gasteiger charge is -2.11. The van der Waals surface area contributed by atoms with Crippen LogP contribution in [-0.4, -0.2) is 23.8 Å². The molecule has 0 unspecified atom stereocenters. The van der Waals surface area contributed by atoms with E-state index < -0.39 is 11.5 Å². The van der Waals surface area contributed by atoms with E-state index in [1.807, 2.05) is 12.1 Å². The van der Waals surface area contributed by atoms with E-state index in [-0.39, 0.29) is 19.0 Å². The Bertz CT molecular complexity index is 1010. The molecule has 0 atom stereocenters. The predicted octanol–water partition coefficient (Wildman–Crippen LogP) is 2.36. The zero-order valence-corrected chi connectivity index (χ0v) is 12.4. The van der Waals surface area contributed by atoms with E-state index >= 15 is 0 Å². The maximum atomic E-state index is 12.7. The zero-order chi connectivity index (χ0) is 16.0. The van der Waals surface area contributed by atoms with Crippen molar-refractivity contribution in [2.45, 2.75) is 6.92 Å². The van der Waals surface area contributed by atoms with E-state index in [4.69, 9.17) is 14.2 Å². The molecule has 0 N–H and O–H groups in total. The molecule has 1 aliphatic heterocycles. The molecule has 116 valence electrons. The minimum absolute atomic E-state index is 0.00356. The third-order valence-electron chi connectivity index (χ3n) is 3.83. The largest absolute Gasteiger partial charge is 0.462 e. The smallest absolute Gasteiger partial charge is 0.344 e. The van der Waals surface area contributed by atoms with Crippen molar-refractivity contribution in [3.05, 3.63) is 52.4 Å². The summed E-state index contributed by atoms with van der Waals surface area (Å²) in [6.07, 6.45) is 1.63. The molecule has 3 heterocycles. The molecular formula is C17H13NO5. The Morgan fingerprint density at radius 1 is 1.22 bits per heavy atom. The van der Waals surface area contributed by atoms with Gasteiger partial charge in [0.1, 0.15) is 5.56 Å². The molecule has 0 bridgehead atoms. The van der Waals surface area contributed by atoms with Crippen LogP contribution in [-0.2, 0) is 4.74 Å². The van der Waals surface area contributed by atoms with Crippen molar-refractivity contribution in [2.75, 3.05) is 13.4 Å². The Balaban J connectivity index is 2.19. The number of esters is 1. The van der Waals surface area contributed by atoms with Gasteiger partial charge in [-0.1, -0.05) is 6.07 Å². The molecule has 0 radical (unpaired) electrons. The first-order valence-electron chi connectivity index (χ1n) is 7.24. The molecule has 6 nitrogen and oxygen atoms in total. The Hall–Kier alpha value is -3.02. The summed E-state index contributed by atoms with van der Waals surface area (Å²) in [5.74, 6) is 0.471. The fourth-order valence-electron chi connectivity index (χ4n) is 2.84. The maximum absolute atomic E-state index is 12.7. The van der Waals surface area contributed by atoms with Crippen LogP contribution >= 0.6 is 0 Å². The molecule has 0 amide bonds. The van der Waals surface area contributed by atoms with Gasteiger partial charge in [-0.25, -0.2) is 4.79 Å². The average Bonchev–Trinajstić information content (AvgIpc) is 3.01. The van der Waals surface area contributed by atoms with Crippen molar-refractivity contribution in [2.24, 2.45) is 0 Å². The van der Waals surface area contributed by atoms with Crippen LogP contribution in [0.5, 0.6) is 11.5 Å². The molecule has 0 saturated carbocycles. The lowest BCUT2D eigenvalue weighted by atomic mass is 10.0. The van der Waals surface area contributed by atoms with Crippen molar-refractivity contribution >= 4 is 22.3 Å². The highest BCUT2D eigenvalue weighted by Gasteiger charge is 2.23. The number of pyridine rings is 2. The Morgan fingerprint density at radius 3 is 2.70 bits per heavy atom. The molecule has 0 saturated heterocycles. The van der Waals surface area contributed by atoms with Crippen molar-refractivity contribution in [1.29, 1.82) is 0 Å². The predicted molar refractivity (Wildman–Crippen MR) is 83.3 cm³/mol. The van der Waals surface area contributed by atoms with Gasteiger partial charge in [-0.05, 0) is 31.2 Å². The minimum atomic E-state index is -0.639. The minimum Gasteiger partial charge on any atom is -0.462 e. The Labute approximate surface area is 130 Å². The third-order valence-corrected chi connectivity index (χ3v) is 3.83. The van der Waals surface area contributed by atoms with Crippen LogP contribution in [0.1, 0.15) is 17.3 Å². The van der Waals surface area contributed by atoms with Crippen LogP contribution in [0.2, 0.25) is 0 Å². The van der Waals surface area contributed by atoms with Gasteiger partial charge in [-0.3, -0.25) is 9.20 Å². The number of fused-ring (bicyclic) bond motifs is 4. The van der Waals surface area contributed by atoms with Crippen molar-refractivity contribution < 1.29 is 19.0 Å². The van der Waals surface area contributed by atoms with Crippen LogP contribution in [0.4, 0.5) is 0 Å². The van der Waals surface area contributed by atoms with Crippen molar-refractivity contribution in [3.8, 4) is 11.5 Å². The van der Waals surface area contributed by atoms with Gasteiger partial charge in [0, 0.05) is 17.0 Å². The Morgan fingerprint density at radius 2 is 1.96 bits per heavy atom. The van der Waals surface area contributed by atoms with E-state index in [0.29, 0.717) is 22.4 Å². The molecule has 6 heteroatoms. The number of rotatable bonds is 2. The van der Waals surface area contributed by atoms with Crippen LogP contribution in [0.15, 0.2) is 41.3 Å². The van der Waals surface area contributed by atoms with Gasteiger partial charge in [0.05, 0.1) is 12.1 Å². The monoisotopic (exact) mass is 311 g/mol. The molecule has 0 fully saturated rings. The van der Waals surface area contributed by atoms with E-state index in [2.05, 4.69) is 0 Å². The molecule has 0 aliphatic carbocycles. The summed E-state index contributed by atoms with van der Waals surface area (Å²) in [6, 6.07) is 8.85. The standard InChI is InChI=1S/C17H13NO5/c1-2-21-17(20)15-11-8-14-13(22-9-23-14)7-10(11)12-5-3-4-6-18(12)16(15)19/h3-8H,2,9H2,1H3. The molecule has 23 heavy (non-hydrogen) atoms. The fourth-order valence-corrected chi connectivity index (χ4v) is 2.84. The lowest BCUT2D eigenvalue weighted by molar-refractivity contribution is 0.0526. The number of hydrogen-bond donors (Lipinski definition) is 0. The first kappa shape index (κ1) is 13.6. The zero-order valence-electron chi connectivity index (χ0n) is 12.4. The summed E-state index contributed by atoms with van der Waals surface area (Å²) in [4.78, 5) is 25.1. The van der Waals surface area contributed by atoms with Crippen LogP contribution in [0.25, 0.3) is 16.3 Å². The van der Waals surface area contributed by atoms with E-state index in [0.717, 1.165) is 5.39 Å². The second-order valence-corrected chi connectivity index (χ2v) is 5.11. The Kier molecular flexibility index (Phi) is 2.97. The van der Waals surface area contributed by atoms with Gasteiger partial charge in [0.2, 0.25) is 6.79 Å². The summed E-state index contributed by atoms with van der Waals surface area (Å²) >= 11 is 0. The van der Waals surface area contributed by atoms with E-state index in [1.165, 1.54) is 4.40 Å². The molecular weight excluding hydrogens is 298 g/mol. The third kappa shape index (κ3) is 1.95. The first-order valence-corrected chi connectivity index (χ1v) is 7.24. The quantitative estimate of drug-likeness (QED) is 0.537. The van der Waals surface area contributed by atoms with Crippen LogP contribution in [0.3, 0.4) is 0 Å². The molecule has 3 aromatic rings. The number of nitrogens with zero attached hydrogens (tertiary/aromatic N) is 1. The number of carbonyl (C=O) groups excluding carboxylic acids is 1. The normalized spacial score (nSPS) is 12.7.